The van der Waals surface area contributed by atoms with Crippen molar-refractivity contribution >= 4 is 5.97 Å². The molecule has 1 aliphatic heterocycles. The molecule has 0 aliphatic carbocycles. The minimum absolute atomic E-state index is 0.163. The molecule has 0 N–H and O–H groups in total. The highest BCUT2D eigenvalue weighted by Gasteiger charge is 2.31. The monoisotopic (exact) mass is 303 g/mol. The van der Waals surface area contributed by atoms with Crippen molar-refractivity contribution < 1.29 is 14.3 Å². The number of esters is 1. The van der Waals surface area contributed by atoms with Gasteiger partial charge in [0.15, 0.2) is 0 Å². The van der Waals surface area contributed by atoms with Crippen LogP contribution in [0.25, 0.3) is 10.4 Å². The van der Waals surface area contributed by atoms with E-state index in [-0.39, 0.29) is 30.6 Å². The molecule has 6 heteroatoms. The van der Waals surface area contributed by atoms with Gasteiger partial charge in [-0.3, -0.25) is 4.79 Å². The van der Waals surface area contributed by atoms with E-state index >= 15 is 0 Å². The molecule has 1 saturated heterocycles. The fraction of sp³-hybridized carbons (Fsp3) is 0.562. The summed E-state index contributed by atoms with van der Waals surface area (Å²) >= 11 is 0. The van der Waals surface area contributed by atoms with Crippen molar-refractivity contribution in [3.8, 4) is 0 Å². The molecule has 1 aromatic carbocycles. The molecule has 118 valence electrons. The second-order valence-corrected chi connectivity index (χ2v) is 5.50. The van der Waals surface area contributed by atoms with Gasteiger partial charge in [0, 0.05) is 11.0 Å². The third kappa shape index (κ3) is 4.48. The quantitative estimate of drug-likeness (QED) is 0.358. The summed E-state index contributed by atoms with van der Waals surface area (Å²) < 4.78 is 11.0. The van der Waals surface area contributed by atoms with Crippen LogP contribution in [0.1, 0.15) is 43.4 Å². The molecule has 0 saturated carbocycles. The predicted octanol–water partition coefficient (Wildman–Crippen LogP) is 3.85. The minimum atomic E-state index is -0.283. The summed E-state index contributed by atoms with van der Waals surface area (Å²) in [5.74, 6) is -0.281. The van der Waals surface area contributed by atoms with E-state index in [0.29, 0.717) is 19.4 Å². The lowest BCUT2D eigenvalue weighted by molar-refractivity contribution is -0.149. The lowest BCUT2D eigenvalue weighted by atomic mass is 9.93. The van der Waals surface area contributed by atoms with E-state index in [9.17, 15) is 4.79 Å². The Kier molecular flexibility index (Phi) is 5.81. The first kappa shape index (κ1) is 16.3. The Morgan fingerprint density at radius 2 is 2.14 bits per heavy atom. The summed E-state index contributed by atoms with van der Waals surface area (Å²) in [7, 11) is 0. The molecule has 22 heavy (non-hydrogen) atoms. The normalized spacial score (nSPS) is 24.4. The Labute approximate surface area is 130 Å². The number of carbonyl (C=O) groups excluding carboxylic acids is 1. The second kappa shape index (κ2) is 7.82. The summed E-state index contributed by atoms with van der Waals surface area (Å²) in [5, 5.41) is 3.83. The van der Waals surface area contributed by atoms with Crippen molar-refractivity contribution in [1.82, 2.24) is 0 Å². The van der Waals surface area contributed by atoms with Gasteiger partial charge in [-0.05, 0) is 37.8 Å². The molecule has 0 radical (unpaired) electrons. The van der Waals surface area contributed by atoms with Crippen LogP contribution in [0.15, 0.2) is 29.4 Å². The molecule has 0 bridgehead atoms. The highest BCUT2D eigenvalue weighted by Crippen LogP contribution is 2.34. The van der Waals surface area contributed by atoms with Crippen molar-refractivity contribution in [3.05, 3.63) is 45.8 Å². The molecule has 0 aromatic heterocycles. The number of hydrogen-bond donors (Lipinski definition) is 0. The van der Waals surface area contributed by atoms with Crippen molar-refractivity contribution in [2.24, 2.45) is 5.11 Å². The molecule has 2 rings (SSSR count). The van der Waals surface area contributed by atoms with E-state index in [1.165, 1.54) is 5.56 Å². The first-order valence-electron chi connectivity index (χ1n) is 7.54. The number of nitrogens with zero attached hydrogens (tertiary/aromatic N) is 3. The number of benzene rings is 1. The third-order valence-corrected chi connectivity index (χ3v) is 3.74. The maximum Gasteiger partial charge on any atom is 0.308 e. The number of rotatable bonds is 5. The molecule has 1 fully saturated rings. The van der Waals surface area contributed by atoms with Gasteiger partial charge >= 0.3 is 5.97 Å². The summed E-state index contributed by atoms with van der Waals surface area (Å²) in [6.07, 6.45) is 0.921. The fourth-order valence-electron chi connectivity index (χ4n) is 2.69. The lowest BCUT2D eigenvalue weighted by Crippen LogP contribution is -2.32. The molecular weight excluding hydrogens is 282 g/mol. The zero-order valence-electron chi connectivity index (χ0n) is 12.9. The largest absolute Gasteiger partial charge is 0.466 e. The van der Waals surface area contributed by atoms with Crippen LogP contribution < -0.4 is 0 Å². The van der Waals surface area contributed by atoms with Crippen LogP contribution in [0.5, 0.6) is 0 Å². The summed E-state index contributed by atoms with van der Waals surface area (Å²) in [5.41, 5.74) is 10.9. The topological polar surface area (TPSA) is 84.3 Å². The van der Waals surface area contributed by atoms with Crippen molar-refractivity contribution in [2.45, 2.75) is 51.4 Å². The standard InChI is InChI=1S/C16H21N3O3/c1-3-21-16(20)10-14-8-13(18-19-17)9-15(22-14)12-6-4-11(2)5-7-12/h4-7,13-15H,3,8-10H2,1-2H3/t13-,14+,15-/m0/s1. The zero-order chi connectivity index (χ0) is 15.9. The highest BCUT2D eigenvalue weighted by molar-refractivity contribution is 5.69. The van der Waals surface area contributed by atoms with Crippen LogP contribution in [0.3, 0.4) is 0 Å². The van der Waals surface area contributed by atoms with Crippen LogP contribution in [-0.2, 0) is 14.3 Å². The minimum Gasteiger partial charge on any atom is -0.466 e. The van der Waals surface area contributed by atoms with Crippen LogP contribution in [-0.4, -0.2) is 24.7 Å². The molecule has 1 aliphatic rings. The van der Waals surface area contributed by atoms with Crippen molar-refractivity contribution in [2.75, 3.05) is 6.61 Å². The average Bonchev–Trinajstić information content (AvgIpc) is 2.48. The van der Waals surface area contributed by atoms with Crippen LogP contribution >= 0.6 is 0 Å². The van der Waals surface area contributed by atoms with E-state index in [0.717, 1.165) is 5.56 Å². The predicted molar refractivity (Wildman–Crippen MR) is 82.2 cm³/mol. The smallest absolute Gasteiger partial charge is 0.308 e. The van der Waals surface area contributed by atoms with Gasteiger partial charge in [0.1, 0.15) is 0 Å². The van der Waals surface area contributed by atoms with Gasteiger partial charge in [0.25, 0.3) is 0 Å². The third-order valence-electron chi connectivity index (χ3n) is 3.74. The van der Waals surface area contributed by atoms with Gasteiger partial charge in [-0.1, -0.05) is 34.9 Å². The van der Waals surface area contributed by atoms with Crippen LogP contribution in [0, 0.1) is 6.92 Å². The van der Waals surface area contributed by atoms with Crippen molar-refractivity contribution in [3.63, 3.8) is 0 Å². The SMILES string of the molecule is CCOC(=O)C[C@H]1C[C@H](N=[N+]=[N-])C[C@@H](c2ccc(C)cc2)O1. The zero-order valence-corrected chi connectivity index (χ0v) is 12.9. The number of aryl methyl sites for hydroxylation is 1. The lowest BCUT2D eigenvalue weighted by Gasteiger charge is -2.33. The van der Waals surface area contributed by atoms with Gasteiger partial charge in [0.2, 0.25) is 0 Å². The fourth-order valence-corrected chi connectivity index (χ4v) is 2.69. The maximum absolute atomic E-state index is 11.7. The van der Waals surface area contributed by atoms with Crippen LogP contribution in [0.2, 0.25) is 0 Å². The van der Waals surface area contributed by atoms with E-state index in [1.807, 2.05) is 31.2 Å². The Balaban J connectivity index is 2.10. The molecule has 0 spiro atoms. The Morgan fingerprint density at radius 3 is 2.77 bits per heavy atom. The van der Waals surface area contributed by atoms with E-state index < -0.39 is 0 Å². The van der Waals surface area contributed by atoms with Gasteiger partial charge in [-0.15, -0.1) is 0 Å². The molecule has 1 aromatic rings. The van der Waals surface area contributed by atoms with Gasteiger partial charge in [-0.25, -0.2) is 0 Å². The Bertz CT molecular complexity index is 552. The van der Waals surface area contributed by atoms with Gasteiger partial charge in [0.05, 0.1) is 25.2 Å². The summed E-state index contributed by atoms with van der Waals surface area (Å²) in [6.45, 7) is 4.15. The maximum atomic E-state index is 11.7. The van der Waals surface area contributed by atoms with Gasteiger partial charge < -0.3 is 9.47 Å². The number of ether oxygens (including phenoxy) is 2. The Morgan fingerprint density at radius 1 is 1.41 bits per heavy atom. The molecular formula is C16H21N3O3. The van der Waals surface area contributed by atoms with E-state index in [4.69, 9.17) is 15.0 Å². The molecule has 0 amide bonds. The molecule has 3 atom stereocenters. The first-order valence-corrected chi connectivity index (χ1v) is 7.54. The molecule has 1 heterocycles. The second-order valence-electron chi connectivity index (χ2n) is 5.50. The van der Waals surface area contributed by atoms with E-state index in [2.05, 4.69) is 10.0 Å². The highest BCUT2D eigenvalue weighted by atomic mass is 16.5. The van der Waals surface area contributed by atoms with Gasteiger partial charge in [-0.2, -0.15) is 0 Å². The first-order chi connectivity index (χ1) is 10.6. The van der Waals surface area contributed by atoms with Crippen molar-refractivity contribution in [1.29, 1.82) is 0 Å². The Hall–Kier alpha value is -2.04. The number of azide groups is 1. The average molecular weight is 303 g/mol. The molecule has 0 unspecified atom stereocenters. The van der Waals surface area contributed by atoms with Crippen LogP contribution in [0.4, 0.5) is 0 Å². The molecule has 6 nitrogen and oxygen atoms in total. The summed E-state index contributed by atoms with van der Waals surface area (Å²) in [6, 6.07) is 7.91. The summed E-state index contributed by atoms with van der Waals surface area (Å²) in [4.78, 5) is 14.6. The number of carbonyl (C=O) groups is 1. The number of hydrogen-bond acceptors (Lipinski definition) is 4. The van der Waals surface area contributed by atoms with E-state index in [1.54, 1.807) is 6.92 Å².